The van der Waals surface area contributed by atoms with Crippen molar-refractivity contribution in [1.29, 1.82) is 0 Å². The Hall–Kier alpha value is 0.190. The fraction of sp³-hybridized carbons (Fsp3) is 0.538. The minimum absolute atomic E-state index is 1.06. The van der Waals surface area contributed by atoms with Gasteiger partial charge < -0.3 is 10.2 Å². The number of hydrogen-bond acceptors (Lipinski definition) is 2. The van der Waals surface area contributed by atoms with Gasteiger partial charge in [-0.25, -0.2) is 0 Å². The molecule has 0 amide bonds. The molecule has 4 heteroatoms. The first-order valence-electron chi connectivity index (χ1n) is 6.17. The van der Waals surface area contributed by atoms with Crippen LogP contribution in [-0.2, 0) is 0 Å². The third-order valence-corrected chi connectivity index (χ3v) is 4.53. The standard InChI is InChI=1S/C13H18BrIN2/c14-11-4-5-12(15)13(10-11)16-6-3-9-17-7-1-2-8-17/h4-5,10,16H,1-3,6-9H2. The summed E-state index contributed by atoms with van der Waals surface area (Å²) in [5.41, 5.74) is 1.24. The van der Waals surface area contributed by atoms with Crippen molar-refractivity contribution in [3.05, 3.63) is 26.2 Å². The van der Waals surface area contributed by atoms with Gasteiger partial charge in [-0.05, 0) is 79.7 Å². The molecule has 1 heterocycles. The fourth-order valence-corrected chi connectivity index (χ4v) is 3.05. The molecule has 1 N–H and O–H groups in total. The summed E-state index contributed by atoms with van der Waals surface area (Å²) in [6.07, 6.45) is 4.00. The molecule has 17 heavy (non-hydrogen) atoms. The van der Waals surface area contributed by atoms with Gasteiger partial charge in [-0.15, -0.1) is 0 Å². The van der Waals surface area contributed by atoms with Crippen LogP contribution in [0.15, 0.2) is 22.7 Å². The predicted octanol–water partition coefficient (Wildman–Crippen LogP) is 3.95. The molecular formula is C13H18BrIN2. The molecule has 0 bridgehead atoms. The van der Waals surface area contributed by atoms with Crippen molar-refractivity contribution in [3.63, 3.8) is 0 Å². The summed E-state index contributed by atoms with van der Waals surface area (Å²) >= 11 is 5.88. The first-order valence-corrected chi connectivity index (χ1v) is 8.04. The number of halogens is 2. The zero-order chi connectivity index (χ0) is 12.1. The maximum Gasteiger partial charge on any atom is 0.0487 e. The van der Waals surface area contributed by atoms with E-state index in [1.807, 2.05) is 0 Å². The van der Waals surface area contributed by atoms with Crippen LogP contribution in [0.4, 0.5) is 5.69 Å². The molecular weight excluding hydrogens is 391 g/mol. The van der Waals surface area contributed by atoms with Gasteiger partial charge in [-0.2, -0.15) is 0 Å². The Labute approximate surface area is 125 Å². The Kier molecular flexibility index (Phi) is 5.56. The molecule has 1 fully saturated rings. The van der Waals surface area contributed by atoms with Crippen LogP contribution in [0, 0.1) is 3.57 Å². The van der Waals surface area contributed by atoms with Crippen LogP contribution in [0.1, 0.15) is 19.3 Å². The van der Waals surface area contributed by atoms with Gasteiger partial charge >= 0.3 is 0 Å². The molecule has 1 saturated heterocycles. The second kappa shape index (κ2) is 6.95. The number of likely N-dealkylation sites (tertiary alicyclic amines) is 1. The number of benzene rings is 1. The summed E-state index contributed by atoms with van der Waals surface area (Å²) in [6, 6.07) is 6.36. The van der Waals surface area contributed by atoms with Crippen molar-refractivity contribution in [2.45, 2.75) is 19.3 Å². The van der Waals surface area contributed by atoms with Gasteiger partial charge in [0, 0.05) is 20.3 Å². The second-order valence-corrected chi connectivity index (χ2v) is 6.53. The summed E-state index contributed by atoms with van der Waals surface area (Å²) in [6.45, 7) is 4.89. The van der Waals surface area contributed by atoms with Gasteiger partial charge in [0.25, 0.3) is 0 Å². The van der Waals surface area contributed by atoms with Crippen molar-refractivity contribution in [3.8, 4) is 0 Å². The van der Waals surface area contributed by atoms with Crippen LogP contribution in [0.3, 0.4) is 0 Å². The quantitative estimate of drug-likeness (QED) is 0.586. The lowest BCUT2D eigenvalue weighted by Gasteiger charge is -2.15. The van der Waals surface area contributed by atoms with E-state index in [-0.39, 0.29) is 0 Å². The number of rotatable bonds is 5. The van der Waals surface area contributed by atoms with Gasteiger partial charge in [-0.3, -0.25) is 0 Å². The maximum absolute atomic E-state index is 3.51. The molecule has 1 aromatic rings. The smallest absolute Gasteiger partial charge is 0.0487 e. The normalized spacial score (nSPS) is 16.4. The minimum Gasteiger partial charge on any atom is -0.384 e. The van der Waals surface area contributed by atoms with E-state index in [1.54, 1.807) is 0 Å². The van der Waals surface area contributed by atoms with E-state index in [1.165, 1.54) is 48.2 Å². The van der Waals surface area contributed by atoms with Crippen molar-refractivity contribution in [2.24, 2.45) is 0 Å². The molecule has 1 aliphatic rings. The van der Waals surface area contributed by atoms with Crippen LogP contribution >= 0.6 is 38.5 Å². The monoisotopic (exact) mass is 408 g/mol. The highest BCUT2D eigenvalue weighted by Crippen LogP contribution is 2.22. The zero-order valence-corrected chi connectivity index (χ0v) is 13.6. The van der Waals surface area contributed by atoms with Crippen LogP contribution in [0.2, 0.25) is 0 Å². The van der Waals surface area contributed by atoms with Gasteiger partial charge in [0.15, 0.2) is 0 Å². The van der Waals surface area contributed by atoms with E-state index >= 15 is 0 Å². The topological polar surface area (TPSA) is 15.3 Å². The lowest BCUT2D eigenvalue weighted by molar-refractivity contribution is 0.337. The van der Waals surface area contributed by atoms with E-state index in [9.17, 15) is 0 Å². The van der Waals surface area contributed by atoms with Gasteiger partial charge in [0.2, 0.25) is 0 Å². The Balaban J connectivity index is 1.72. The van der Waals surface area contributed by atoms with Gasteiger partial charge in [0.05, 0.1) is 0 Å². The van der Waals surface area contributed by atoms with Crippen LogP contribution in [0.25, 0.3) is 0 Å². The SMILES string of the molecule is Brc1ccc(I)c(NCCCN2CCCC2)c1. The third-order valence-electron chi connectivity index (χ3n) is 3.09. The Morgan fingerprint density at radius 2 is 2.06 bits per heavy atom. The van der Waals surface area contributed by atoms with E-state index in [0.29, 0.717) is 0 Å². The van der Waals surface area contributed by atoms with E-state index in [2.05, 4.69) is 66.9 Å². The second-order valence-electron chi connectivity index (χ2n) is 4.45. The largest absolute Gasteiger partial charge is 0.384 e. The van der Waals surface area contributed by atoms with Crippen LogP contribution < -0.4 is 5.32 Å². The molecule has 0 spiro atoms. The average molecular weight is 409 g/mol. The zero-order valence-electron chi connectivity index (χ0n) is 9.88. The molecule has 1 aliphatic heterocycles. The summed E-state index contributed by atoms with van der Waals surface area (Å²) in [7, 11) is 0. The summed E-state index contributed by atoms with van der Waals surface area (Å²) in [4.78, 5) is 2.56. The fourth-order valence-electron chi connectivity index (χ4n) is 2.16. The molecule has 0 aliphatic carbocycles. The first kappa shape index (κ1) is 13.6. The highest BCUT2D eigenvalue weighted by atomic mass is 127. The molecule has 2 nitrogen and oxygen atoms in total. The van der Waals surface area contributed by atoms with Crippen LogP contribution in [-0.4, -0.2) is 31.1 Å². The molecule has 1 aromatic carbocycles. The van der Waals surface area contributed by atoms with Crippen molar-refractivity contribution in [1.82, 2.24) is 4.90 Å². The molecule has 2 rings (SSSR count). The van der Waals surface area contributed by atoms with Crippen molar-refractivity contribution in [2.75, 3.05) is 31.5 Å². The third kappa shape index (κ3) is 4.41. The number of nitrogens with zero attached hydrogens (tertiary/aromatic N) is 1. The molecule has 94 valence electrons. The Bertz CT molecular complexity index is 364. The highest BCUT2D eigenvalue weighted by Gasteiger charge is 2.10. The molecule has 0 radical (unpaired) electrons. The van der Waals surface area contributed by atoms with Gasteiger partial charge in [-0.1, -0.05) is 15.9 Å². The van der Waals surface area contributed by atoms with Gasteiger partial charge in [0.1, 0.15) is 0 Å². The summed E-state index contributed by atoms with van der Waals surface area (Å²) in [5.74, 6) is 0. The lowest BCUT2D eigenvalue weighted by atomic mass is 10.3. The number of nitrogens with one attached hydrogen (secondary N) is 1. The van der Waals surface area contributed by atoms with Crippen molar-refractivity contribution < 1.29 is 0 Å². The Morgan fingerprint density at radius 1 is 1.29 bits per heavy atom. The molecule has 0 atom stereocenters. The molecule has 0 aromatic heterocycles. The molecule has 0 unspecified atom stereocenters. The Morgan fingerprint density at radius 3 is 2.82 bits per heavy atom. The number of hydrogen-bond donors (Lipinski definition) is 1. The summed E-state index contributed by atoms with van der Waals surface area (Å²) < 4.78 is 2.42. The maximum atomic E-state index is 3.51. The highest BCUT2D eigenvalue weighted by molar-refractivity contribution is 14.1. The molecule has 0 saturated carbocycles. The van der Waals surface area contributed by atoms with E-state index in [0.717, 1.165) is 11.0 Å². The average Bonchev–Trinajstić information content (AvgIpc) is 2.82. The number of anilines is 1. The first-order chi connectivity index (χ1) is 8.25. The lowest BCUT2D eigenvalue weighted by Crippen LogP contribution is -2.22. The minimum atomic E-state index is 1.06. The summed E-state index contributed by atoms with van der Waals surface area (Å²) in [5, 5.41) is 3.51. The van der Waals surface area contributed by atoms with Crippen LogP contribution in [0.5, 0.6) is 0 Å². The van der Waals surface area contributed by atoms with E-state index in [4.69, 9.17) is 0 Å². The predicted molar refractivity (Wildman–Crippen MR) is 85.6 cm³/mol. The van der Waals surface area contributed by atoms with Crippen molar-refractivity contribution >= 4 is 44.2 Å². The van der Waals surface area contributed by atoms with E-state index < -0.39 is 0 Å².